The molecule has 0 aliphatic carbocycles. The molecule has 1 N–H and O–H groups in total. The molecule has 0 bridgehead atoms. The molecule has 0 aliphatic heterocycles. The highest BCUT2D eigenvalue weighted by molar-refractivity contribution is 7.92. The molecule has 1 atom stereocenters. The fourth-order valence-corrected chi connectivity index (χ4v) is 3.27. The number of alkyl halides is 1. The van der Waals surface area contributed by atoms with Crippen molar-refractivity contribution in [1.29, 1.82) is 0 Å². The Hall–Kier alpha value is -0.940. The third-order valence-electron chi connectivity index (χ3n) is 2.42. The average Bonchev–Trinajstić information content (AvgIpc) is 2.28. The van der Waals surface area contributed by atoms with E-state index in [9.17, 15) is 8.42 Å². The van der Waals surface area contributed by atoms with Crippen LogP contribution in [0.2, 0.25) is 0 Å². The molecule has 6 heteroatoms. The minimum Gasteiger partial charge on any atom is -0.376 e. The van der Waals surface area contributed by atoms with E-state index in [0.29, 0.717) is 11.6 Å². The van der Waals surface area contributed by atoms with Crippen LogP contribution >= 0.6 is 11.6 Å². The lowest BCUT2D eigenvalue weighted by Gasteiger charge is -2.19. The molecule has 0 saturated heterocycles. The monoisotopic (exact) mass is 290 g/mol. The molecule has 1 aromatic carbocycles. The highest BCUT2D eigenvalue weighted by atomic mass is 35.5. The summed E-state index contributed by atoms with van der Waals surface area (Å²) in [5, 5.41) is 0. The second-order valence-corrected chi connectivity index (χ2v) is 6.63. The number of rotatable bonds is 6. The number of anilines is 2. The fraction of sp³-hybridized carbons (Fsp3) is 0.500. The molecule has 0 fully saturated rings. The minimum atomic E-state index is -3.36. The lowest BCUT2D eigenvalue weighted by Crippen LogP contribution is -2.23. The van der Waals surface area contributed by atoms with Gasteiger partial charge in [-0.2, -0.15) is 0 Å². The summed E-state index contributed by atoms with van der Waals surface area (Å²) >= 11 is 5.64. The van der Waals surface area contributed by atoms with Crippen LogP contribution in [0.4, 0.5) is 11.4 Å². The Balaban J connectivity index is 2.91. The normalized spacial score (nSPS) is 13.1. The van der Waals surface area contributed by atoms with Gasteiger partial charge in [0.05, 0.1) is 17.1 Å². The third kappa shape index (κ3) is 4.38. The Bertz CT molecular complexity index is 489. The van der Waals surface area contributed by atoms with Gasteiger partial charge in [-0.3, -0.25) is 4.72 Å². The van der Waals surface area contributed by atoms with Crippen molar-refractivity contribution in [2.75, 3.05) is 35.4 Å². The van der Waals surface area contributed by atoms with Gasteiger partial charge in [-0.15, -0.1) is 11.6 Å². The second kappa shape index (κ2) is 6.29. The van der Waals surface area contributed by atoms with Crippen LogP contribution in [0.25, 0.3) is 0 Å². The molecule has 1 rings (SSSR count). The van der Waals surface area contributed by atoms with Crippen molar-refractivity contribution < 1.29 is 8.42 Å². The maximum atomic E-state index is 12.0. The van der Waals surface area contributed by atoms with Gasteiger partial charge in [-0.05, 0) is 18.1 Å². The van der Waals surface area contributed by atoms with Gasteiger partial charge < -0.3 is 4.90 Å². The molecule has 1 unspecified atom stereocenters. The number of benzene rings is 1. The van der Waals surface area contributed by atoms with E-state index in [0.717, 1.165) is 5.69 Å². The number of hydrogen-bond acceptors (Lipinski definition) is 3. The number of nitrogens with one attached hydrogen (secondary N) is 1. The molecule has 0 aliphatic rings. The highest BCUT2D eigenvalue weighted by Gasteiger charge is 2.16. The van der Waals surface area contributed by atoms with E-state index >= 15 is 0 Å². The van der Waals surface area contributed by atoms with Crippen molar-refractivity contribution in [3.8, 4) is 0 Å². The molecule has 0 radical (unpaired) electrons. The highest BCUT2D eigenvalue weighted by Crippen LogP contribution is 2.24. The third-order valence-corrected chi connectivity index (χ3v) is 4.48. The van der Waals surface area contributed by atoms with Gasteiger partial charge in [0, 0.05) is 20.0 Å². The van der Waals surface area contributed by atoms with Gasteiger partial charge in [-0.1, -0.05) is 19.1 Å². The number of para-hydroxylation sites is 2. The SMILES string of the molecule is CC(CCl)CS(=O)(=O)Nc1ccccc1N(C)C. The molecule has 0 aromatic heterocycles. The van der Waals surface area contributed by atoms with Gasteiger partial charge in [0.1, 0.15) is 0 Å². The maximum absolute atomic E-state index is 12.0. The summed E-state index contributed by atoms with van der Waals surface area (Å²) in [5.74, 6) is 0.282. The summed E-state index contributed by atoms with van der Waals surface area (Å²) in [4.78, 5) is 1.86. The Labute approximate surface area is 114 Å². The van der Waals surface area contributed by atoms with E-state index in [-0.39, 0.29) is 11.7 Å². The molecule has 0 heterocycles. The molecule has 4 nitrogen and oxygen atoms in total. The zero-order valence-corrected chi connectivity index (χ0v) is 12.4. The van der Waals surface area contributed by atoms with Crippen LogP contribution in [-0.4, -0.2) is 34.1 Å². The van der Waals surface area contributed by atoms with Gasteiger partial charge in [0.25, 0.3) is 0 Å². The first-order valence-electron chi connectivity index (χ1n) is 5.68. The molecule has 1 aromatic rings. The molecule has 0 spiro atoms. The molecule has 0 saturated carbocycles. The number of hydrogen-bond donors (Lipinski definition) is 1. The lowest BCUT2D eigenvalue weighted by atomic mass is 10.2. The van der Waals surface area contributed by atoms with E-state index in [1.54, 1.807) is 12.1 Å². The Kier molecular flexibility index (Phi) is 5.28. The largest absolute Gasteiger partial charge is 0.376 e. The molecular formula is C12H19ClN2O2S. The average molecular weight is 291 g/mol. The summed E-state index contributed by atoms with van der Waals surface area (Å²) in [6.45, 7) is 1.81. The predicted molar refractivity (Wildman–Crippen MR) is 78.1 cm³/mol. The second-order valence-electron chi connectivity index (χ2n) is 4.55. The Morgan fingerprint density at radius 3 is 2.50 bits per heavy atom. The smallest absolute Gasteiger partial charge is 0.233 e. The zero-order valence-electron chi connectivity index (χ0n) is 10.9. The Morgan fingerprint density at radius 1 is 1.33 bits per heavy atom. The quantitative estimate of drug-likeness (QED) is 0.818. The van der Waals surface area contributed by atoms with Crippen molar-refractivity contribution in [3.63, 3.8) is 0 Å². The van der Waals surface area contributed by atoms with E-state index in [1.807, 2.05) is 38.1 Å². The van der Waals surface area contributed by atoms with Crippen LogP contribution in [-0.2, 0) is 10.0 Å². The van der Waals surface area contributed by atoms with Crippen LogP contribution in [0.1, 0.15) is 6.92 Å². The van der Waals surface area contributed by atoms with Crippen LogP contribution in [0.15, 0.2) is 24.3 Å². The minimum absolute atomic E-state index is 0.0261. The molecule has 0 amide bonds. The standard InChI is InChI=1S/C12H19ClN2O2S/c1-10(8-13)9-18(16,17)14-11-6-4-5-7-12(11)15(2)3/h4-7,10,14H,8-9H2,1-3H3. The summed E-state index contributed by atoms with van der Waals surface area (Å²) in [6, 6.07) is 7.28. The zero-order chi connectivity index (χ0) is 13.8. The van der Waals surface area contributed by atoms with Crippen LogP contribution in [0.3, 0.4) is 0 Å². The van der Waals surface area contributed by atoms with Crippen molar-refractivity contribution in [1.82, 2.24) is 0 Å². The molecule has 18 heavy (non-hydrogen) atoms. The summed E-state index contributed by atoms with van der Waals surface area (Å²) in [6.07, 6.45) is 0. The maximum Gasteiger partial charge on any atom is 0.233 e. The van der Waals surface area contributed by atoms with Gasteiger partial charge >= 0.3 is 0 Å². The number of halogens is 1. The number of sulfonamides is 1. The van der Waals surface area contributed by atoms with Crippen molar-refractivity contribution in [2.24, 2.45) is 5.92 Å². The van der Waals surface area contributed by atoms with E-state index in [1.165, 1.54) is 0 Å². The first kappa shape index (κ1) is 15.1. The molecule has 102 valence electrons. The first-order valence-corrected chi connectivity index (χ1v) is 7.87. The molecular weight excluding hydrogens is 272 g/mol. The van der Waals surface area contributed by atoms with Gasteiger partial charge in [0.15, 0.2) is 0 Å². The van der Waals surface area contributed by atoms with Gasteiger partial charge in [0.2, 0.25) is 10.0 Å². The summed E-state index contributed by atoms with van der Waals surface area (Å²) in [5.41, 5.74) is 1.42. The van der Waals surface area contributed by atoms with Crippen molar-refractivity contribution >= 4 is 33.0 Å². The summed E-state index contributed by atoms with van der Waals surface area (Å²) in [7, 11) is 0.376. The van der Waals surface area contributed by atoms with Crippen LogP contribution < -0.4 is 9.62 Å². The topological polar surface area (TPSA) is 49.4 Å². The van der Waals surface area contributed by atoms with Crippen molar-refractivity contribution in [3.05, 3.63) is 24.3 Å². The number of nitrogens with zero attached hydrogens (tertiary/aromatic N) is 1. The fourth-order valence-electron chi connectivity index (χ4n) is 1.58. The predicted octanol–water partition coefficient (Wildman–Crippen LogP) is 2.37. The Morgan fingerprint density at radius 2 is 1.94 bits per heavy atom. The van der Waals surface area contributed by atoms with Crippen molar-refractivity contribution in [2.45, 2.75) is 6.92 Å². The van der Waals surface area contributed by atoms with Crippen LogP contribution in [0, 0.1) is 5.92 Å². The summed E-state index contributed by atoms with van der Waals surface area (Å²) < 4.78 is 26.5. The lowest BCUT2D eigenvalue weighted by molar-refractivity contribution is 0.588. The van der Waals surface area contributed by atoms with Crippen LogP contribution in [0.5, 0.6) is 0 Å². The van der Waals surface area contributed by atoms with E-state index in [4.69, 9.17) is 11.6 Å². The van der Waals surface area contributed by atoms with E-state index < -0.39 is 10.0 Å². The van der Waals surface area contributed by atoms with E-state index in [2.05, 4.69) is 4.72 Å². The first-order chi connectivity index (χ1) is 8.35. The van der Waals surface area contributed by atoms with Gasteiger partial charge in [-0.25, -0.2) is 8.42 Å².